The van der Waals surface area contributed by atoms with Crippen LogP contribution in [-0.2, 0) is 23.1 Å². The van der Waals surface area contributed by atoms with E-state index in [1.807, 2.05) is 13.8 Å². The van der Waals surface area contributed by atoms with Crippen LogP contribution in [0.5, 0.6) is 0 Å². The highest BCUT2D eigenvalue weighted by Crippen LogP contribution is 2.11. The van der Waals surface area contributed by atoms with Gasteiger partial charge in [-0.2, -0.15) is 5.10 Å². The Hall–Kier alpha value is -1.78. The van der Waals surface area contributed by atoms with Crippen molar-refractivity contribution >= 4 is 10.0 Å². The molecule has 10 heteroatoms. The molecule has 2 heterocycles. The van der Waals surface area contributed by atoms with Gasteiger partial charge in [-0.25, -0.2) is 13.1 Å². The van der Waals surface area contributed by atoms with Crippen molar-refractivity contribution in [1.29, 1.82) is 0 Å². The predicted molar refractivity (Wildman–Crippen MR) is 75.8 cm³/mol. The van der Waals surface area contributed by atoms with E-state index in [0.29, 0.717) is 18.7 Å². The second-order valence-electron chi connectivity index (χ2n) is 4.82. The van der Waals surface area contributed by atoms with E-state index in [-0.39, 0.29) is 17.6 Å². The molecule has 21 heavy (non-hydrogen) atoms. The number of sulfonamides is 1. The zero-order chi connectivity index (χ0) is 15.3. The molecule has 0 unspecified atom stereocenters. The van der Waals surface area contributed by atoms with E-state index in [2.05, 4.69) is 30.5 Å². The summed E-state index contributed by atoms with van der Waals surface area (Å²) < 4.78 is 28.5. The predicted octanol–water partition coefficient (Wildman–Crippen LogP) is -0.522. The van der Waals surface area contributed by atoms with Gasteiger partial charge in [-0.1, -0.05) is 19.1 Å². The molecule has 0 radical (unpaired) electrons. The van der Waals surface area contributed by atoms with E-state index < -0.39 is 10.0 Å². The van der Waals surface area contributed by atoms with Gasteiger partial charge in [0.2, 0.25) is 0 Å². The number of nitrogens with one attached hydrogen (secondary N) is 3. The monoisotopic (exact) mass is 313 g/mol. The lowest BCUT2D eigenvalue weighted by Crippen LogP contribution is -2.29. The lowest BCUT2D eigenvalue weighted by atomic mass is 10.3. The molecule has 0 spiro atoms. The highest BCUT2D eigenvalue weighted by molar-refractivity contribution is 7.89. The summed E-state index contributed by atoms with van der Waals surface area (Å²) >= 11 is 0. The third-order valence-corrected chi connectivity index (χ3v) is 4.23. The van der Waals surface area contributed by atoms with Crippen molar-refractivity contribution in [3.8, 4) is 0 Å². The first-order chi connectivity index (χ1) is 9.99. The first-order valence-electron chi connectivity index (χ1n) is 6.58. The van der Waals surface area contributed by atoms with Gasteiger partial charge in [0.1, 0.15) is 0 Å². The van der Waals surface area contributed by atoms with E-state index in [0.717, 1.165) is 0 Å². The summed E-state index contributed by atoms with van der Waals surface area (Å²) in [6.45, 7) is 5.05. The standard InChI is InChI=1S/C11H19N7O2S/c1-9(2)12-7-10-8-14-16-11(10)21(19,20)15-4-6-18-5-3-13-17-18/h3,5,8-9,12,15H,4,6-7H2,1-2H3,(H,14,16). The van der Waals surface area contributed by atoms with Crippen LogP contribution in [-0.4, -0.2) is 46.2 Å². The van der Waals surface area contributed by atoms with Crippen LogP contribution in [0.4, 0.5) is 0 Å². The topological polar surface area (TPSA) is 118 Å². The fourth-order valence-electron chi connectivity index (χ4n) is 1.69. The van der Waals surface area contributed by atoms with E-state index in [9.17, 15) is 8.42 Å². The first-order valence-corrected chi connectivity index (χ1v) is 8.07. The molecule has 0 aliphatic carbocycles. The van der Waals surface area contributed by atoms with Gasteiger partial charge < -0.3 is 5.32 Å². The second kappa shape index (κ2) is 6.78. The maximum Gasteiger partial charge on any atom is 0.257 e. The summed E-state index contributed by atoms with van der Waals surface area (Å²) in [5.41, 5.74) is 0.608. The lowest BCUT2D eigenvalue weighted by Gasteiger charge is -2.09. The molecule has 0 aliphatic heterocycles. The number of H-pyrrole nitrogens is 1. The molecule has 9 nitrogen and oxygen atoms in total. The van der Waals surface area contributed by atoms with Crippen molar-refractivity contribution in [2.75, 3.05) is 6.54 Å². The van der Waals surface area contributed by atoms with Crippen LogP contribution in [0.2, 0.25) is 0 Å². The van der Waals surface area contributed by atoms with E-state index in [4.69, 9.17) is 0 Å². The Kier molecular flexibility index (Phi) is 5.04. The number of hydrogen-bond donors (Lipinski definition) is 3. The van der Waals surface area contributed by atoms with Crippen LogP contribution in [0, 0.1) is 0 Å². The molecule has 0 saturated heterocycles. The van der Waals surface area contributed by atoms with E-state index in [1.165, 1.54) is 6.20 Å². The minimum absolute atomic E-state index is 0.0919. The molecule has 0 aromatic carbocycles. The molecule has 0 aliphatic rings. The summed E-state index contributed by atoms with van der Waals surface area (Å²) in [5, 5.41) is 17.0. The van der Waals surface area contributed by atoms with Crippen LogP contribution >= 0.6 is 0 Å². The Bertz CT molecular complexity index is 648. The van der Waals surface area contributed by atoms with Crippen LogP contribution < -0.4 is 10.0 Å². The first kappa shape index (κ1) is 15.6. The van der Waals surface area contributed by atoms with Gasteiger partial charge in [-0.3, -0.25) is 9.78 Å². The summed E-state index contributed by atoms with van der Waals surface area (Å²) in [4.78, 5) is 0. The number of rotatable bonds is 8. The minimum atomic E-state index is -3.62. The average molecular weight is 313 g/mol. The van der Waals surface area contributed by atoms with Crippen LogP contribution in [0.1, 0.15) is 19.4 Å². The number of hydrogen-bond acceptors (Lipinski definition) is 6. The van der Waals surface area contributed by atoms with Crippen LogP contribution in [0.25, 0.3) is 0 Å². The molecular formula is C11H19N7O2S. The largest absolute Gasteiger partial charge is 0.310 e. The summed E-state index contributed by atoms with van der Waals surface area (Å²) in [6, 6.07) is 0.260. The Balaban J connectivity index is 1.97. The van der Waals surface area contributed by atoms with Crippen molar-refractivity contribution in [3.63, 3.8) is 0 Å². The van der Waals surface area contributed by atoms with Crippen molar-refractivity contribution < 1.29 is 8.42 Å². The van der Waals surface area contributed by atoms with Crippen molar-refractivity contribution in [3.05, 3.63) is 24.2 Å². The highest BCUT2D eigenvalue weighted by Gasteiger charge is 2.20. The molecule has 2 rings (SSSR count). The average Bonchev–Trinajstić information content (AvgIpc) is 3.07. The van der Waals surface area contributed by atoms with Crippen LogP contribution in [0.3, 0.4) is 0 Å². The maximum absolute atomic E-state index is 12.2. The zero-order valence-corrected chi connectivity index (χ0v) is 12.8. The molecule has 2 aromatic heterocycles. The van der Waals surface area contributed by atoms with Crippen molar-refractivity contribution in [1.82, 2.24) is 35.2 Å². The molecule has 116 valence electrons. The van der Waals surface area contributed by atoms with Gasteiger partial charge in [0.05, 0.1) is 18.9 Å². The van der Waals surface area contributed by atoms with Gasteiger partial charge >= 0.3 is 0 Å². The quantitative estimate of drug-likeness (QED) is 0.603. The van der Waals surface area contributed by atoms with E-state index >= 15 is 0 Å². The maximum atomic E-state index is 12.2. The van der Waals surface area contributed by atoms with Gasteiger partial charge in [-0.05, 0) is 0 Å². The SMILES string of the molecule is CC(C)NCc1cn[nH]c1S(=O)(=O)NCCn1ccnn1. The summed E-state index contributed by atoms with van der Waals surface area (Å²) in [5.74, 6) is 0. The smallest absolute Gasteiger partial charge is 0.257 e. The van der Waals surface area contributed by atoms with Crippen LogP contribution in [0.15, 0.2) is 23.6 Å². The Morgan fingerprint density at radius 1 is 1.43 bits per heavy atom. The lowest BCUT2D eigenvalue weighted by molar-refractivity contribution is 0.546. The Labute approximate surface area is 123 Å². The molecule has 0 bridgehead atoms. The molecule has 0 fully saturated rings. The molecule has 0 saturated carbocycles. The molecular weight excluding hydrogens is 294 g/mol. The Morgan fingerprint density at radius 3 is 2.90 bits per heavy atom. The molecule has 0 amide bonds. The molecule has 0 atom stereocenters. The van der Waals surface area contributed by atoms with Crippen molar-refractivity contribution in [2.45, 2.75) is 38.0 Å². The third-order valence-electron chi connectivity index (χ3n) is 2.75. The number of nitrogens with zero attached hydrogens (tertiary/aromatic N) is 4. The van der Waals surface area contributed by atoms with E-state index in [1.54, 1.807) is 17.1 Å². The molecule has 2 aromatic rings. The summed E-state index contributed by atoms with van der Waals surface area (Å²) in [7, 11) is -3.62. The summed E-state index contributed by atoms with van der Waals surface area (Å²) in [6.07, 6.45) is 4.73. The zero-order valence-electron chi connectivity index (χ0n) is 11.9. The number of aromatic amines is 1. The van der Waals surface area contributed by atoms with Gasteiger partial charge in [0.15, 0.2) is 5.03 Å². The van der Waals surface area contributed by atoms with Gasteiger partial charge in [0, 0.05) is 30.9 Å². The normalized spacial score (nSPS) is 12.1. The third kappa shape index (κ3) is 4.34. The Morgan fingerprint density at radius 2 is 2.24 bits per heavy atom. The fraction of sp³-hybridized carbons (Fsp3) is 0.545. The second-order valence-corrected chi connectivity index (χ2v) is 6.53. The van der Waals surface area contributed by atoms with Crippen molar-refractivity contribution in [2.24, 2.45) is 0 Å². The highest BCUT2D eigenvalue weighted by atomic mass is 32.2. The van der Waals surface area contributed by atoms with Gasteiger partial charge in [0.25, 0.3) is 10.0 Å². The number of aromatic nitrogens is 5. The fourth-order valence-corrected chi connectivity index (χ4v) is 2.84. The van der Waals surface area contributed by atoms with Gasteiger partial charge in [-0.15, -0.1) is 5.10 Å². The molecule has 3 N–H and O–H groups in total. The minimum Gasteiger partial charge on any atom is -0.310 e.